The van der Waals surface area contributed by atoms with Crippen LogP contribution in [0.1, 0.15) is 33.3 Å². The van der Waals surface area contributed by atoms with E-state index in [2.05, 4.69) is 13.8 Å². The maximum atomic E-state index is 12.7. The Balaban J connectivity index is 2.91. The topological polar surface area (TPSA) is 46.3 Å². The number of hydrogen-bond acceptors (Lipinski definition) is 2. The molecular weight excluding hydrogens is 272 g/mol. The molecule has 0 saturated heterocycles. The molecule has 0 fully saturated rings. The van der Waals surface area contributed by atoms with Crippen molar-refractivity contribution in [1.82, 2.24) is 4.90 Å². The minimum absolute atomic E-state index is 0.0829. The van der Waals surface area contributed by atoms with Gasteiger partial charge in [0.15, 0.2) is 0 Å². The molecule has 4 heteroatoms. The van der Waals surface area contributed by atoms with E-state index in [4.69, 9.17) is 17.3 Å². The molecule has 0 heterocycles. The first-order valence-electron chi connectivity index (χ1n) is 6.82. The van der Waals surface area contributed by atoms with Gasteiger partial charge in [-0.05, 0) is 43.5 Å². The molecule has 112 valence electrons. The SMILES string of the molecule is CN(CC(C)(C)CN)C(=O)C(C)(C)c1ccc(Cl)cc1. The zero-order valence-electron chi connectivity index (χ0n) is 13.0. The maximum absolute atomic E-state index is 12.7. The lowest BCUT2D eigenvalue weighted by molar-refractivity contribution is -0.136. The predicted molar refractivity (Wildman–Crippen MR) is 85.0 cm³/mol. The monoisotopic (exact) mass is 296 g/mol. The van der Waals surface area contributed by atoms with Gasteiger partial charge in [0.25, 0.3) is 0 Å². The summed E-state index contributed by atoms with van der Waals surface area (Å²) in [5, 5.41) is 0.676. The first kappa shape index (κ1) is 17.0. The summed E-state index contributed by atoms with van der Waals surface area (Å²) in [5.74, 6) is 0.0846. The molecule has 0 atom stereocenters. The van der Waals surface area contributed by atoms with Crippen molar-refractivity contribution in [3.05, 3.63) is 34.9 Å². The standard InChI is InChI=1S/C16H25ClN2O/c1-15(2,10-18)11-19(5)14(20)16(3,4)12-6-8-13(17)9-7-12/h6-9H,10-11,18H2,1-5H3. The number of nitrogens with zero attached hydrogens (tertiary/aromatic N) is 1. The fourth-order valence-corrected chi connectivity index (χ4v) is 2.37. The Morgan fingerprint density at radius 2 is 1.70 bits per heavy atom. The molecule has 1 aromatic carbocycles. The molecule has 0 radical (unpaired) electrons. The van der Waals surface area contributed by atoms with Gasteiger partial charge in [-0.25, -0.2) is 0 Å². The van der Waals surface area contributed by atoms with Gasteiger partial charge in [0.2, 0.25) is 5.91 Å². The van der Waals surface area contributed by atoms with Crippen LogP contribution in [0.2, 0.25) is 5.02 Å². The van der Waals surface area contributed by atoms with Crippen LogP contribution in [0.25, 0.3) is 0 Å². The highest BCUT2D eigenvalue weighted by atomic mass is 35.5. The van der Waals surface area contributed by atoms with E-state index in [9.17, 15) is 4.79 Å². The highest BCUT2D eigenvalue weighted by Crippen LogP contribution is 2.27. The van der Waals surface area contributed by atoms with Crippen LogP contribution in [0.4, 0.5) is 0 Å². The Bertz CT molecular complexity index is 466. The molecule has 3 nitrogen and oxygen atoms in total. The van der Waals surface area contributed by atoms with Crippen molar-refractivity contribution in [3.63, 3.8) is 0 Å². The first-order valence-corrected chi connectivity index (χ1v) is 7.19. The van der Waals surface area contributed by atoms with E-state index in [0.29, 0.717) is 18.1 Å². The number of likely N-dealkylation sites (N-methyl/N-ethyl adjacent to an activating group) is 1. The number of rotatable bonds is 5. The third-order valence-electron chi connectivity index (χ3n) is 3.67. The summed E-state index contributed by atoms with van der Waals surface area (Å²) < 4.78 is 0. The number of benzene rings is 1. The number of carbonyl (C=O) groups is 1. The minimum atomic E-state index is -0.579. The molecule has 1 aromatic rings. The van der Waals surface area contributed by atoms with Crippen LogP contribution in [0.3, 0.4) is 0 Å². The van der Waals surface area contributed by atoms with Crippen molar-refractivity contribution < 1.29 is 4.79 Å². The minimum Gasteiger partial charge on any atom is -0.344 e. The van der Waals surface area contributed by atoms with Crippen LogP contribution in [-0.2, 0) is 10.2 Å². The van der Waals surface area contributed by atoms with E-state index in [-0.39, 0.29) is 11.3 Å². The van der Waals surface area contributed by atoms with Gasteiger partial charge in [0.05, 0.1) is 5.41 Å². The number of amides is 1. The Morgan fingerprint density at radius 3 is 2.15 bits per heavy atom. The summed E-state index contributed by atoms with van der Waals surface area (Å²) in [6, 6.07) is 7.44. The van der Waals surface area contributed by atoms with Gasteiger partial charge >= 0.3 is 0 Å². The van der Waals surface area contributed by atoms with Crippen molar-refractivity contribution in [3.8, 4) is 0 Å². The molecule has 0 spiro atoms. The Morgan fingerprint density at radius 1 is 1.20 bits per heavy atom. The van der Waals surface area contributed by atoms with E-state index in [1.165, 1.54) is 0 Å². The Hall–Kier alpha value is -1.06. The molecule has 0 aliphatic rings. The molecule has 0 unspecified atom stereocenters. The van der Waals surface area contributed by atoms with Gasteiger partial charge < -0.3 is 10.6 Å². The van der Waals surface area contributed by atoms with Gasteiger partial charge in [-0.3, -0.25) is 4.79 Å². The smallest absolute Gasteiger partial charge is 0.232 e. The van der Waals surface area contributed by atoms with Crippen LogP contribution in [0, 0.1) is 5.41 Å². The lowest BCUT2D eigenvalue weighted by atomic mass is 9.82. The second kappa shape index (κ2) is 6.15. The average Bonchev–Trinajstić information content (AvgIpc) is 2.37. The summed E-state index contributed by atoms with van der Waals surface area (Å²) in [4.78, 5) is 14.5. The molecule has 0 saturated carbocycles. The Kier molecular flexibility index (Phi) is 5.22. The van der Waals surface area contributed by atoms with Crippen molar-refractivity contribution in [2.75, 3.05) is 20.1 Å². The van der Waals surface area contributed by atoms with Crippen LogP contribution in [0.15, 0.2) is 24.3 Å². The molecule has 0 aliphatic carbocycles. The van der Waals surface area contributed by atoms with Crippen molar-refractivity contribution in [2.24, 2.45) is 11.1 Å². The van der Waals surface area contributed by atoms with Gasteiger partial charge in [0.1, 0.15) is 0 Å². The highest BCUT2D eigenvalue weighted by molar-refractivity contribution is 6.30. The quantitative estimate of drug-likeness (QED) is 0.908. The largest absolute Gasteiger partial charge is 0.344 e. The van der Waals surface area contributed by atoms with E-state index in [1.807, 2.05) is 45.2 Å². The molecule has 0 aromatic heterocycles. The van der Waals surface area contributed by atoms with E-state index in [0.717, 1.165) is 5.56 Å². The van der Waals surface area contributed by atoms with Gasteiger partial charge in [-0.1, -0.05) is 37.6 Å². The molecule has 0 aliphatic heterocycles. The average molecular weight is 297 g/mol. The number of hydrogen-bond donors (Lipinski definition) is 1. The summed E-state index contributed by atoms with van der Waals surface area (Å²) in [5.41, 5.74) is 6.04. The van der Waals surface area contributed by atoms with Crippen LogP contribution in [-0.4, -0.2) is 30.9 Å². The third-order valence-corrected chi connectivity index (χ3v) is 3.92. The van der Waals surface area contributed by atoms with Crippen LogP contribution in [0.5, 0.6) is 0 Å². The molecule has 1 rings (SSSR count). The van der Waals surface area contributed by atoms with Crippen molar-refractivity contribution in [1.29, 1.82) is 0 Å². The fraction of sp³-hybridized carbons (Fsp3) is 0.562. The molecule has 1 amide bonds. The van der Waals surface area contributed by atoms with Crippen LogP contribution >= 0.6 is 11.6 Å². The van der Waals surface area contributed by atoms with E-state index in [1.54, 1.807) is 4.90 Å². The predicted octanol–water partition coefficient (Wildman–Crippen LogP) is 3.06. The third kappa shape index (κ3) is 3.97. The van der Waals surface area contributed by atoms with E-state index >= 15 is 0 Å². The summed E-state index contributed by atoms with van der Waals surface area (Å²) in [6.45, 7) is 9.18. The van der Waals surface area contributed by atoms with Gasteiger partial charge in [-0.2, -0.15) is 0 Å². The Labute approximate surface area is 127 Å². The lowest BCUT2D eigenvalue weighted by Crippen LogP contribution is -2.46. The van der Waals surface area contributed by atoms with Crippen molar-refractivity contribution >= 4 is 17.5 Å². The van der Waals surface area contributed by atoms with Gasteiger partial charge in [-0.15, -0.1) is 0 Å². The van der Waals surface area contributed by atoms with E-state index < -0.39 is 5.41 Å². The maximum Gasteiger partial charge on any atom is 0.232 e. The molecule has 2 N–H and O–H groups in total. The number of halogens is 1. The van der Waals surface area contributed by atoms with Crippen LogP contribution < -0.4 is 5.73 Å². The fourth-order valence-electron chi connectivity index (χ4n) is 2.25. The second-order valence-electron chi connectivity index (χ2n) is 6.66. The highest BCUT2D eigenvalue weighted by Gasteiger charge is 2.34. The summed E-state index contributed by atoms with van der Waals surface area (Å²) >= 11 is 5.90. The summed E-state index contributed by atoms with van der Waals surface area (Å²) in [7, 11) is 1.83. The molecular formula is C16H25ClN2O. The zero-order valence-corrected chi connectivity index (χ0v) is 13.8. The lowest BCUT2D eigenvalue weighted by Gasteiger charge is -2.34. The zero-order chi connectivity index (χ0) is 15.6. The number of nitrogens with two attached hydrogens (primary N) is 1. The second-order valence-corrected chi connectivity index (χ2v) is 7.10. The van der Waals surface area contributed by atoms with Crippen molar-refractivity contribution in [2.45, 2.75) is 33.1 Å². The summed E-state index contributed by atoms with van der Waals surface area (Å²) in [6.07, 6.45) is 0. The normalized spacial score (nSPS) is 12.3. The first-order chi connectivity index (χ1) is 9.10. The number of carbonyl (C=O) groups excluding carboxylic acids is 1. The molecule has 0 bridgehead atoms. The molecule has 20 heavy (non-hydrogen) atoms. The van der Waals surface area contributed by atoms with Gasteiger partial charge in [0, 0.05) is 18.6 Å².